The molecule has 13 heavy (non-hydrogen) atoms. The van der Waals surface area contributed by atoms with Crippen molar-refractivity contribution in [2.24, 2.45) is 5.73 Å². The fourth-order valence-electron chi connectivity index (χ4n) is 1.52. The third-order valence-electron chi connectivity index (χ3n) is 2.13. The van der Waals surface area contributed by atoms with Gasteiger partial charge in [-0.05, 0) is 18.2 Å². The molecule has 0 atom stereocenters. The van der Waals surface area contributed by atoms with E-state index in [0.717, 1.165) is 12.1 Å². The predicted octanol–water partition coefficient (Wildman–Crippen LogP) is 1.74. The summed E-state index contributed by atoms with van der Waals surface area (Å²) in [4.78, 5) is 0. The Bertz CT molecular complexity index is 420. The fraction of sp³-hybridized carbons (Fsp3) is 0.200. The summed E-state index contributed by atoms with van der Waals surface area (Å²) in [7, 11) is 0. The van der Waals surface area contributed by atoms with E-state index in [0.29, 0.717) is 11.9 Å². The number of fused-ring (bicyclic) bond motifs is 1. The van der Waals surface area contributed by atoms with Gasteiger partial charge in [0.2, 0.25) is 0 Å². The van der Waals surface area contributed by atoms with E-state index in [1.165, 1.54) is 6.07 Å². The number of halogens is 1. The molecule has 2 rings (SSSR count). The van der Waals surface area contributed by atoms with Crippen LogP contribution in [0.15, 0.2) is 30.5 Å². The molecule has 2 N–H and O–H groups in total. The Morgan fingerprint density at radius 3 is 2.92 bits per heavy atom. The molecule has 0 fully saturated rings. The first-order valence-corrected chi connectivity index (χ1v) is 4.26. The molecule has 1 aromatic heterocycles. The van der Waals surface area contributed by atoms with E-state index in [1.807, 2.05) is 16.8 Å². The minimum absolute atomic E-state index is 0.173. The molecule has 1 aromatic carbocycles. The van der Waals surface area contributed by atoms with Crippen LogP contribution in [0.25, 0.3) is 10.9 Å². The van der Waals surface area contributed by atoms with E-state index in [4.69, 9.17) is 5.73 Å². The molecule has 2 nitrogen and oxygen atoms in total. The Balaban J connectivity index is 2.61. The topological polar surface area (TPSA) is 30.9 Å². The van der Waals surface area contributed by atoms with Crippen molar-refractivity contribution in [3.8, 4) is 0 Å². The summed E-state index contributed by atoms with van der Waals surface area (Å²) >= 11 is 0. The van der Waals surface area contributed by atoms with Crippen molar-refractivity contribution in [1.29, 1.82) is 0 Å². The maximum Gasteiger partial charge on any atom is 0.132 e. The second-order valence-corrected chi connectivity index (χ2v) is 2.97. The molecule has 0 amide bonds. The van der Waals surface area contributed by atoms with Crippen LogP contribution in [0, 0.1) is 5.82 Å². The molecule has 2 aromatic rings. The molecular weight excluding hydrogens is 167 g/mol. The van der Waals surface area contributed by atoms with E-state index in [2.05, 4.69) is 0 Å². The first-order chi connectivity index (χ1) is 6.33. The smallest absolute Gasteiger partial charge is 0.132 e. The van der Waals surface area contributed by atoms with Gasteiger partial charge >= 0.3 is 0 Å². The minimum atomic E-state index is -0.173. The van der Waals surface area contributed by atoms with Gasteiger partial charge in [0.15, 0.2) is 0 Å². The van der Waals surface area contributed by atoms with Crippen LogP contribution in [0.4, 0.5) is 4.39 Å². The molecule has 1 heterocycles. The number of aromatic nitrogens is 1. The van der Waals surface area contributed by atoms with E-state index < -0.39 is 0 Å². The summed E-state index contributed by atoms with van der Waals surface area (Å²) in [5.41, 5.74) is 6.34. The summed E-state index contributed by atoms with van der Waals surface area (Å²) < 4.78 is 15.2. The molecule has 0 aliphatic heterocycles. The van der Waals surface area contributed by atoms with Crippen LogP contribution in [-0.4, -0.2) is 11.1 Å². The highest BCUT2D eigenvalue weighted by molar-refractivity contribution is 5.80. The fourth-order valence-corrected chi connectivity index (χ4v) is 1.52. The molecule has 68 valence electrons. The zero-order valence-electron chi connectivity index (χ0n) is 7.20. The monoisotopic (exact) mass is 178 g/mol. The quantitative estimate of drug-likeness (QED) is 0.746. The number of benzene rings is 1. The van der Waals surface area contributed by atoms with Gasteiger partial charge in [0.1, 0.15) is 5.82 Å². The lowest BCUT2D eigenvalue weighted by Crippen LogP contribution is -2.08. The van der Waals surface area contributed by atoms with Crippen LogP contribution in [0.2, 0.25) is 0 Å². The van der Waals surface area contributed by atoms with Crippen LogP contribution in [0.5, 0.6) is 0 Å². The van der Waals surface area contributed by atoms with Crippen molar-refractivity contribution in [3.63, 3.8) is 0 Å². The summed E-state index contributed by atoms with van der Waals surface area (Å²) in [6.45, 7) is 1.30. The van der Waals surface area contributed by atoms with E-state index >= 15 is 0 Å². The minimum Gasteiger partial charge on any atom is -0.346 e. The number of rotatable bonds is 2. The molecule has 0 saturated heterocycles. The largest absolute Gasteiger partial charge is 0.346 e. The molecule has 0 aliphatic carbocycles. The molecule has 0 saturated carbocycles. The molecule has 0 aliphatic rings. The summed E-state index contributed by atoms with van der Waals surface area (Å²) in [5, 5.41) is 0.663. The molecule has 3 heteroatoms. The first-order valence-electron chi connectivity index (χ1n) is 4.26. The zero-order chi connectivity index (χ0) is 9.26. The normalized spacial score (nSPS) is 10.9. The Morgan fingerprint density at radius 1 is 1.31 bits per heavy atom. The van der Waals surface area contributed by atoms with Gasteiger partial charge in [0.25, 0.3) is 0 Å². The molecule has 0 radical (unpaired) electrons. The Labute approximate surface area is 75.8 Å². The molecular formula is C10H11FN2. The lowest BCUT2D eigenvalue weighted by molar-refractivity contribution is 0.639. The Hall–Kier alpha value is -1.35. The van der Waals surface area contributed by atoms with Crippen molar-refractivity contribution >= 4 is 10.9 Å². The van der Waals surface area contributed by atoms with Crippen molar-refractivity contribution in [2.75, 3.05) is 6.54 Å². The lowest BCUT2D eigenvalue weighted by atomic mass is 10.2. The van der Waals surface area contributed by atoms with Gasteiger partial charge in [0.05, 0.1) is 5.52 Å². The van der Waals surface area contributed by atoms with Gasteiger partial charge in [0, 0.05) is 24.7 Å². The average Bonchev–Trinajstić information content (AvgIpc) is 2.51. The predicted molar refractivity (Wildman–Crippen MR) is 51.0 cm³/mol. The summed E-state index contributed by atoms with van der Waals surface area (Å²) in [5.74, 6) is -0.173. The maximum absolute atomic E-state index is 13.2. The molecule has 0 spiro atoms. The maximum atomic E-state index is 13.2. The number of nitrogens with zero attached hydrogens (tertiary/aromatic N) is 1. The molecule has 0 bridgehead atoms. The van der Waals surface area contributed by atoms with Gasteiger partial charge in [-0.15, -0.1) is 0 Å². The van der Waals surface area contributed by atoms with Crippen LogP contribution in [-0.2, 0) is 6.54 Å². The second kappa shape index (κ2) is 3.18. The van der Waals surface area contributed by atoms with Gasteiger partial charge < -0.3 is 10.3 Å². The van der Waals surface area contributed by atoms with Crippen molar-refractivity contribution in [3.05, 3.63) is 36.3 Å². The highest BCUT2D eigenvalue weighted by atomic mass is 19.1. The van der Waals surface area contributed by atoms with Gasteiger partial charge in [-0.3, -0.25) is 0 Å². The third kappa shape index (κ3) is 1.31. The van der Waals surface area contributed by atoms with Crippen LogP contribution < -0.4 is 5.73 Å². The van der Waals surface area contributed by atoms with E-state index in [9.17, 15) is 4.39 Å². The van der Waals surface area contributed by atoms with Crippen LogP contribution in [0.3, 0.4) is 0 Å². The number of hydrogen-bond donors (Lipinski definition) is 1. The van der Waals surface area contributed by atoms with Crippen molar-refractivity contribution in [2.45, 2.75) is 6.54 Å². The second-order valence-electron chi connectivity index (χ2n) is 2.97. The van der Waals surface area contributed by atoms with E-state index in [-0.39, 0.29) is 5.82 Å². The van der Waals surface area contributed by atoms with E-state index in [1.54, 1.807) is 12.1 Å². The zero-order valence-corrected chi connectivity index (χ0v) is 7.20. The van der Waals surface area contributed by atoms with Gasteiger partial charge in [-0.25, -0.2) is 4.39 Å². The van der Waals surface area contributed by atoms with Crippen LogP contribution >= 0.6 is 0 Å². The highest BCUT2D eigenvalue weighted by Gasteiger charge is 2.03. The standard InChI is InChI=1S/C10H11FN2/c11-9-2-1-3-10-8(9)4-6-13(10)7-5-12/h1-4,6H,5,7,12H2. The summed E-state index contributed by atoms with van der Waals surface area (Å²) in [6, 6.07) is 6.86. The lowest BCUT2D eigenvalue weighted by Gasteiger charge is -2.01. The number of hydrogen-bond acceptors (Lipinski definition) is 1. The van der Waals surface area contributed by atoms with Gasteiger partial charge in [-0.1, -0.05) is 6.07 Å². The number of nitrogens with two attached hydrogens (primary N) is 1. The Morgan fingerprint density at radius 2 is 2.15 bits per heavy atom. The van der Waals surface area contributed by atoms with Crippen LogP contribution in [0.1, 0.15) is 0 Å². The van der Waals surface area contributed by atoms with Crippen molar-refractivity contribution in [1.82, 2.24) is 4.57 Å². The third-order valence-corrected chi connectivity index (χ3v) is 2.13. The average molecular weight is 178 g/mol. The SMILES string of the molecule is NCCn1ccc2c(F)cccc21. The summed E-state index contributed by atoms with van der Waals surface area (Å²) in [6.07, 6.45) is 1.86. The van der Waals surface area contributed by atoms with Gasteiger partial charge in [-0.2, -0.15) is 0 Å². The Kier molecular flexibility index (Phi) is 2.02. The first kappa shape index (κ1) is 8.26. The van der Waals surface area contributed by atoms with Crippen molar-refractivity contribution < 1.29 is 4.39 Å². The highest BCUT2D eigenvalue weighted by Crippen LogP contribution is 2.18. The molecule has 0 unspecified atom stereocenters.